The summed E-state index contributed by atoms with van der Waals surface area (Å²) in [5, 5.41) is 3.14. The Morgan fingerprint density at radius 2 is 1.83 bits per heavy atom. The highest BCUT2D eigenvalue weighted by atomic mass is 16.2. The number of anilines is 2. The quantitative estimate of drug-likeness (QED) is 0.882. The number of nitrogens with one attached hydrogen (secondary N) is 1. The first-order valence-electron chi connectivity index (χ1n) is 7.81. The number of carbonyl (C=O) groups excluding carboxylic acids is 2. The molecule has 1 aliphatic rings. The summed E-state index contributed by atoms with van der Waals surface area (Å²) in [6.45, 7) is 3.84. The molecule has 3 rings (SSSR count). The first-order chi connectivity index (χ1) is 11.1. The van der Waals surface area contributed by atoms with Gasteiger partial charge in [-0.3, -0.25) is 9.59 Å². The summed E-state index contributed by atoms with van der Waals surface area (Å²) in [6, 6.07) is 15.4. The topological polar surface area (TPSA) is 49.4 Å². The zero-order chi connectivity index (χ0) is 16.4. The fourth-order valence-electron chi connectivity index (χ4n) is 3.03. The van der Waals surface area contributed by atoms with Crippen LogP contribution in [0.1, 0.15) is 29.8 Å². The number of benzene rings is 2. The minimum absolute atomic E-state index is 0.0372. The molecule has 23 heavy (non-hydrogen) atoms. The molecule has 0 fully saturated rings. The Hall–Kier alpha value is -2.62. The second-order valence-electron chi connectivity index (χ2n) is 5.93. The van der Waals surface area contributed by atoms with Crippen LogP contribution in [-0.4, -0.2) is 24.3 Å². The van der Waals surface area contributed by atoms with Crippen molar-refractivity contribution in [1.82, 2.24) is 0 Å². The Morgan fingerprint density at radius 1 is 1.13 bits per heavy atom. The van der Waals surface area contributed by atoms with Gasteiger partial charge in [0.05, 0.1) is 6.54 Å². The largest absolute Gasteiger partial charge is 0.376 e. The number of carbonyl (C=O) groups is 2. The molecule has 4 nitrogen and oxygen atoms in total. The van der Waals surface area contributed by atoms with E-state index in [2.05, 4.69) is 18.3 Å². The van der Waals surface area contributed by atoms with Crippen LogP contribution in [0.25, 0.3) is 0 Å². The number of hydrogen-bond acceptors (Lipinski definition) is 3. The minimum atomic E-state index is 0.0372. The summed E-state index contributed by atoms with van der Waals surface area (Å²) in [5.74, 6) is 0.0909. The molecular weight excluding hydrogens is 288 g/mol. The number of Topliss-reactive ketones (excluding diaryl/α,β-unsaturated/α-hetero) is 1. The van der Waals surface area contributed by atoms with E-state index in [9.17, 15) is 9.59 Å². The number of nitrogens with zero attached hydrogens (tertiary/aromatic N) is 1. The fourth-order valence-corrected chi connectivity index (χ4v) is 3.03. The van der Waals surface area contributed by atoms with E-state index < -0.39 is 0 Å². The molecule has 2 aromatic rings. The number of fused-ring (bicyclic) bond motifs is 1. The first-order valence-corrected chi connectivity index (χ1v) is 7.81. The Labute approximate surface area is 136 Å². The van der Waals surface area contributed by atoms with Crippen LogP contribution < -0.4 is 10.2 Å². The van der Waals surface area contributed by atoms with Crippen molar-refractivity contribution in [2.24, 2.45) is 0 Å². The summed E-state index contributed by atoms with van der Waals surface area (Å²) < 4.78 is 0. The van der Waals surface area contributed by atoms with Crippen molar-refractivity contribution in [3.05, 3.63) is 59.7 Å². The maximum atomic E-state index is 12.6. The predicted molar refractivity (Wildman–Crippen MR) is 92.0 cm³/mol. The average molecular weight is 308 g/mol. The van der Waals surface area contributed by atoms with Crippen LogP contribution in [0.3, 0.4) is 0 Å². The monoisotopic (exact) mass is 308 g/mol. The molecule has 0 saturated heterocycles. The van der Waals surface area contributed by atoms with Gasteiger partial charge in [0.2, 0.25) is 5.91 Å². The number of para-hydroxylation sites is 1. The van der Waals surface area contributed by atoms with E-state index in [0.29, 0.717) is 5.56 Å². The summed E-state index contributed by atoms with van der Waals surface area (Å²) in [6.07, 6.45) is 0.898. The van der Waals surface area contributed by atoms with Crippen molar-refractivity contribution in [3.8, 4) is 0 Å². The number of rotatable bonds is 4. The van der Waals surface area contributed by atoms with Gasteiger partial charge in [-0.05, 0) is 56.2 Å². The van der Waals surface area contributed by atoms with E-state index in [1.54, 1.807) is 12.1 Å². The molecule has 0 aliphatic carbocycles. The standard InChI is InChI=1S/C19H20N2O2/c1-13-11-16-5-3-4-6-18(16)21(13)19(23)12-20-17-9-7-15(8-10-17)14(2)22/h3-10,13,20H,11-12H2,1-2H3/t13-/m0/s1. The lowest BCUT2D eigenvalue weighted by Crippen LogP contribution is -2.39. The molecule has 0 saturated carbocycles. The predicted octanol–water partition coefficient (Wildman–Crippen LogP) is 3.28. The Morgan fingerprint density at radius 3 is 2.52 bits per heavy atom. The third kappa shape index (κ3) is 3.11. The average Bonchev–Trinajstić information content (AvgIpc) is 2.88. The van der Waals surface area contributed by atoms with Crippen LogP contribution in [0, 0.1) is 0 Å². The molecule has 1 N–H and O–H groups in total. The number of hydrogen-bond donors (Lipinski definition) is 1. The first kappa shape index (κ1) is 15.3. The molecule has 1 aliphatic heterocycles. The van der Waals surface area contributed by atoms with E-state index in [1.165, 1.54) is 12.5 Å². The lowest BCUT2D eigenvalue weighted by molar-refractivity contribution is -0.117. The molecule has 1 atom stereocenters. The summed E-state index contributed by atoms with van der Waals surface area (Å²) in [4.78, 5) is 25.7. The zero-order valence-electron chi connectivity index (χ0n) is 13.4. The van der Waals surface area contributed by atoms with Gasteiger partial charge >= 0.3 is 0 Å². The van der Waals surface area contributed by atoms with Gasteiger partial charge in [-0.2, -0.15) is 0 Å². The maximum absolute atomic E-state index is 12.6. The SMILES string of the molecule is CC(=O)c1ccc(NCC(=O)N2c3ccccc3C[C@@H]2C)cc1. The van der Waals surface area contributed by atoms with Crippen molar-refractivity contribution < 1.29 is 9.59 Å². The summed E-state index contributed by atoms with van der Waals surface area (Å²) >= 11 is 0. The van der Waals surface area contributed by atoms with E-state index in [1.807, 2.05) is 35.2 Å². The summed E-state index contributed by atoms with van der Waals surface area (Å²) in [7, 11) is 0. The Kier molecular flexibility index (Phi) is 4.15. The fraction of sp³-hybridized carbons (Fsp3) is 0.263. The normalized spacial score (nSPS) is 16.1. The van der Waals surface area contributed by atoms with Crippen LogP contribution in [0.5, 0.6) is 0 Å². The van der Waals surface area contributed by atoms with Gasteiger partial charge in [-0.25, -0.2) is 0 Å². The van der Waals surface area contributed by atoms with Crippen LogP contribution in [-0.2, 0) is 11.2 Å². The Bertz CT molecular complexity index is 737. The molecule has 1 amide bonds. The van der Waals surface area contributed by atoms with Crippen LogP contribution in [0.15, 0.2) is 48.5 Å². The van der Waals surface area contributed by atoms with Crippen LogP contribution >= 0.6 is 0 Å². The van der Waals surface area contributed by atoms with Crippen molar-refractivity contribution in [3.63, 3.8) is 0 Å². The van der Waals surface area contributed by atoms with E-state index in [0.717, 1.165) is 17.8 Å². The molecule has 0 spiro atoms. The van der Waals surface area contributed by atoms with Gasteiger partial charge in [-0.1, -0.05) is 18.2 Å². The van der Waals surface area contributed by atoms with Crippen LogP contribution in [0.4, 0.5) is 11.4 Å². The van der Waals surface area contributed by atoms with E-state index in [-0.39, 0.29) is 24.3 Å². The maximum Gasteiger partial charge on any atom is 0.246 e. The molecule has 0 aromatic heterocycles. The highest BCUT2D eigenvalue weighted by Gasteiger charge is 2.30. The van der Waals surface area contributed by atoms with E-state index >= 15 is 0 Å². The molecule has 0 bridgehead atoms. The highest BCUT2D eigenvalue weighted by molar-refractivity contribution is 5.99. The highest BCUT2D eigenvalue weighted by Crippen LogP contribution is 2.31. The second kappa shape index (κ2) is 6.24. The molecule has 1 heterocycles. The molecule has 0 radical (unpaired) electrons. The van der Waals surface area contributed by atoms with Gasteiger partial charge < -0.3 is 10.2 Å². The van der Waals surface area contributed by atoms with Gasteiger partial charge in [-0.15, -0.1) is 0 Å². The number of amides is 1. The zero-order valence-corrected chi connectivity index (χ0v) is 13.4. The lowest BCUT2D eigenvalue weighted by atomic mass is 10.1. The third-order valence-corrected chi connectivity index (χ3v) is 4.21. The second-order valence-corrected chi connectivity index (χ2v) is 5.93. The van der Waals surface area contributed by atoms with Crippen molar-refractivity contribution >= 4 is 23.1 Å². The Balaban J connectivity index is 1.67. The third-order valence-electron chi connectivity index (χ3n) is 4.21. The van der Waals surface area contributed by atoms with Gasteiger partial charge in [0.25, 0.3) is 0 Å². The van der Waals surface area contributed by atoms with Crippen molar-refractivity contribution in [2.45, 2.75) is 26.3 Å². The van der Waals surface area contributed by atoms with Crippen molar-refractivity contribution in [1.29, 1.82) is 0 Å². The molecule has 4 heteroatoms. The smallest absolute Gasteiger partial charge is 0.246 e. The molecule has 2 aromatic carbocycles. The lowest BCUT2D eigenvalue weighted by Gasteiger charge is -2.23. The van der Waals surface area contributed by atoms with Crippen molar-refractivity contribution in [2.75, 3.05) is 16.8 Å². The van der Waals surface area contributed by atoms with E-state index in [4.69, 9.17) is 0 Å². The van der Waals surface area contributed by atoms with Gasteiger partial charge in [0.1, 0.15) is 0 Å². The van der Waals surface area contributed by atoms with Gasteiger partial charge in [0, 0.05) is 23.0 Å². The molecule has 0 unspecified atom stereocenters. The molecule has 118 valence electrons. The molecular formula is C19H20N2O2. The van der Waals surface area contributed by atoms with Gasteiger partial charge in [0.15, 0.2) is 5.78 Å². The van der Waals surface area contributed by atoms with Crippen LogP contribution in [0.2, 0.25) is 0 Å². The minimum Gasteiger partial charge on any atom is -0.376 e. The summed E-state index contributed by atoms with van der Waals surface area (Å²) in [5.41, 5.74) is 3.74. The number of ketones is 1.